The lowest BCUT2D eigenvalue weighted by Gasteiger charge is -2.10. The fourth-order valence-corrected chi connectivity index (χ4v) is 2.24. The molecule has 0 aliphatic heterocycles. The molecule has 16 heavy (non-hydrogen) atoms. The van der Waals surface area contributed by atoms with Crippen molar-refractivity contribution >= 4 is 16.0 Å². The third kappa shape index (κ3) is 7.20. The molecule has 1 N–H and O–H groups in total. The summed E-state index contributed by atoms with van der Waals surface area (Å²) in [6.45, 7) is 3.47. The first-order valence-corrected chi connectivity index (χ1v) is 6.59. The van der Waals surface area contributed by atoms with Gasteiger partial charge in [-0.2, -0.15) is 5.26 Å². The van der Waals surface area contributed by atoms with Crippen LogP contribution in [-0.2, 0) is 19.6 Å². The number of hydrogen-bond donors (Lipinski definition) is 1. The Labute approximate surface area is 95.6 Å². The number of sulfonamides is 1. The first-order valence-electron chi connectivity index (χ1n) is 4.94. The van der Waals surface area contributed by atoms with Crippen LogP contribution in [0.2, 0.25) is 0 Å². The molecule has 0 saturated carbocycles. The van der Waals surface area contributed by atoms with E-state index in [4.69, 9.17) is 5.26 Å². The number of nitrogens with zero attached hydrogens (tertiary/aromatic N) is 1. The Morgan fingerprint density at radius 2 is 2.19 bits per heavy atom. The molecule has 0 saturated heterocycles. The third-order valence-corrected chi connectivity index (χ3v) is 3.16. The first-order chi connectivity index (χ1) is 7.41. The van der Waals surface area contributed by atoms with Crippen molar-refractivity contribution in [2.45, 2.75) is 32.7 Å². The fraction of sp³-hybridized carbons (Fsp3) is 0.778. The molecule has 0 fully saturated rings. The predicted octanol–water partition coefficient (Wildman–Crippen LogP) is 0.161. The van der Waals surface area contributed by atoms with E-state index >= 15 is 0 Å². The Hall–Kier alpha value is -1.13. The van der Waals surface area contributed by atoms with E-state index in [1.165, 1.54) is 0 Å². The van der Waals surface area contributed by atoms with Crippen LogP contribution < -0.4 is 4.72 Å². The summed E-state index contributed by atoms with van der Waals surface area (Å²) in [5, 5.41) is 8.36. The minimum atomic E-state index is -3.52. The molecular formula is C9H16N2O4S. The molecule has 0 radical (unpaired) electrons. The summed E-state index contributed by atoms with van der Waals surface area (Å²) in [5.41, 5.74) is 0. The topological polar surface area (TPSA) is 96.3 Å². The molecule has 6 nitrogen and oxygen atoms in total. The van der Waals surface area contributed by atoms with E-state index < -0.39 is 22.0 Å². The zero-order chi connectivity index (χ0) is 12.6. The number of hydrogen-bond acceptors (Lipinski definition) is 5. The van der Waals surface area contributed by atoms with Gasteiger partial charge in [0.2, 0.25) is 10.0 Å². The van der Waals surface area contributed by atoms with Crippen molar-refractivity contribution in [1.29, 1.82) is 5.26 Å². The fourth-order valence-electron chi connectivity index (χ4n) is 0.995. The smallest absolute Gasteiger partial charge is 0.306 e. The van der Waals surface area contributed by atoms with Gasteiger partial charge in [-0.1, -0.05) is 0 Å². The monoisotopic (exact) mass is 248 g/mol. The maximum Gasteiger partial charge on any atom is 0.306 e. The van der Waals surface area contributed by atoms with E-state index in [1.54, 1.807) is 13.8 Å². The molecule has 0 aromatic carbocycles. The van der Waals surface area contributed by atoms with Crippen LogP contribution in [0.3, 0.4) is 0 Å². The Balaban J connectivity index is 4.07. The summed E-state index contributed by atoms with van der Waals surface area (Å²) in [6.07, 6.45) is -0.0823. The summed E-state index contributed by atoms with van der Waals surface area (Å²) in [4.78, 5) is 10.9. The predicted molar refractivity (Wildman–Crippen MR) is 57.9 cm³/mol. The van der Waals surface area contributed by atoms with Gasteiger partial charge in [0.05, 0.1) is 31.3 Å². The Morgan fingerprint density at radius 3 is 2.69 bits per heavy atom. The lowest BCUT2D eigenvalue weighted by atomic mass is 10.3. The van der Waals surface area contributed by atoms with Gasteiger partial charge in [-0.05, 0) is 13.8 Å². The minimum absolute atomic E-state index is 0.0959. The average Bonchev–Trinajstić information content (AvgIpc) is 2.15. The van der Waals surface area contributed by atoms with Crippen LogP contribution in [0.4, 0.5) is 0 Å². The molecule has 0 rings (SSSR count). The number of rotatable bonds is 7. The molecule has 0 aliphatic carbocycles. The number of esters is 1. The van der Waals surface area contributed by atoms with Crippen molar-refractivity contribution in [2.24, 2.45) is 0 Å². The van der Waals surface area contributed by atoms with Gasteiger partial charge in [-0.25, -0.2) is 13.1 Å². The molecule has 0 spiro atoms. The second-order valence-corrected chi connectivity index (χ2v) is 5.13. The molecule has 0 aliphatic rings. The van der Waals surface area contributed by atoms with Crippen LogP contribution in [0, 0.1) is 11.3 Å². The van der Waals surface area contributed by atoms with Gasteiger partial charge >= 0.3 is 5.97 Å². The van der Waals surface area contributed by atoms with Crippen molar-refractivity contribution in [1.82, 2.24) is 4.72 Å². The van der Waals surface area contributed by atoms with Crippen LogP contribution in [0.5, 0.6) is 0 Å². The maximum absolute atomic E-state index is 11.4. The highest BCUT2D eigenvalue weighted by molar-refractivity contribution is 7.89. The zero-order valence-electron chi connectivity index (χ0n) is 9.39. The molecule has 1 atom stereocenters. The summed E-state index contributed by atoms with van der Waals surface area (Å²) in [5.74, 6) is -0.859. The highest BCUT2D eigenvalue weighted by Crippen LogP contribution is 1.97. The zero-order valence-corrected chi connectivity index (χ0v) is 10.2. The van der Waals surface area contributed by atoms with E-state index in [1.807, 2.05) is 6.07 Å². The van der Waals surface area contributed by atoms with Crippen molar-refractivity contribution in [3.8, 4) is 6.07 Å². The van der Waals surface area contributed by atoms with Crippen LogP contribution in [0.15, 0.2) is 0 Å². The summed E-state index contributed by atoms with van der Waals surface area (Å²) < 4.78 is 29.7. The highest BCUT2D eigenvalue weighted by atomic mass is 32.2. The van der Waals surface area contributed by atoms with Gasteiger partial charge in [-0.15, -0.1) is 0 Å². The van der Waals surface area contributed by atoms with Gasteiger partial charge in [0.25, 0.3) is 0 Å². The average molecular weight is 248 g/mol. The quantitative estimate of drug-likeness (QED) is 0.647. The molecular weight excluding hydrogens is 232 g/mol. The lowest BCUT2D eigenvalue weighted by molar-refractivity contribution is -0.142. The van der Waals surface area contributed by atoms with Gasteiger partial charge in [-0.3, -0.25) is 4.79 Å². The van der Waals surface area contributed by atoms with Crippen LogP contribution in [0.1, 0.15) is 26.7 Å². The lowest BCUT2D eigenvalue weighted by Crippen LogP contribution is -2.34. The first kappa shape index (κ1) is 14.9. The molecule has 0 heterocycles. The number of ether oxygens (including phenoxy) is 1. The normalized spacial score (nSPS) is 12.8. The molecule has 7 heteroatoms. The van der Waals surface area contributed by atoms with E-state index in [0.29, 0.717) is 0 Å². The van der Waals surface area contributed by atoms with E-state index in [9.17, 15) is 13.2 Å². The highest BCUT2D eigenvalue weighted by Gasteiger charge is 2.16. The number of nitriles is 1. The van der Waals surface area contributed by atoms with E-state index in [0.717, 1.165) is 0 Å². The second kappa shape index (κ2) is 7.19. The third-order valence-electron chi connectivity index (χ3n) is 1.66. The van der Waals surface area contributed by atoms with E-state index in [2.05, 4.69) is 9.46 Å². The Morgan fingerprint density at radius 1 is 1.56 bits per heavy atom. The van der Waals surface area contributed by atoms with Crippen LogP contribution in [-0.4, -0.2) is 32.8 Å². The van der Waals surface area contributed by atoms with Gasteiger partial charge in [0.15, 0.2) is 0 Å². The summed E-state index contributed by atoms with van der Waals surface area (Å²) in [7, 11) is -3.52. The summed E-state index contributed by atoms with van der Waals surface area (Å²) >= 11 is 0. The number of carbonyl (C=O) groups is 1. The number of carbonyl (C=O) groups excluding carboxylic acids is 1. The minimum Gasteiger partial charge on any atom is -0.466 e. The second-order valence-electron chi connectivity index (χ2n) is 3.26. The standard InChI is InChI=1S/C9H16N2O4S/c1-3-15-9(12)5-7-16(13,14)11-8(2)4-6-10/h8,11H,3-5,7H2,1-2H3. The molecule has 0 aromatic rings. The van der Waals surface area contributed by atoms with Crippen molar-refractivity contribution in [2.75, 3.05) is 12.4 Å². The molecule has 0 bridgehead atoms. The maximum atomic E-state index is 11.4. The molecule has 0 amide bonds. The molecule has 92 valence electrons. The summed E-state index contributed by atoms with van der Waals surface area (Å²) in [6, 6.07) is 1.41. The van der Waals surface area contributed by atoms with Crippen molar-refractivity contribution in [3.05, 3.63) is 0 Å². The van der Waals surface area contributed by atoms with Crippen LogP contribution in [0.25, 0.3) is 0 Å². The van der Waals surface area contributed by atoms with E-state index in [-0.39, 0.29) is 25.2 Å². The van der Waals surface area contributed by atoms with Gasteiger partial charge in [0.1, 0.15) is 0 Å². The van der Waals surface area contributed by atoms with Gasteiger partial charge < -0.3 is 4.74 Å². The van der Waals surface area contributed by atoms with Crippen molar-refractivity contribution in [3.63, 3.8) is 0 Å². The largest absolute Gasteiger partial charge is 0.466 e. The molecule has 0 aromatic heterocycles. The molecule has 1 unspecified atom stereocenters. The Bertz CT molecular complexity index is 358. The van der Waals surface area contributed by atoms with Crippen LogP contribution >= 0.6 is 0 Å². The van der Waals surface area contributed by atoms with Gasteiger partial charge in [0, 0.05) is 6.04 Å². The Kier molecular flexibility index (Phi) is 6.69. The SMILES string of the molecule is CCOC(=O)CCS(=O)(=O)NC(C)CC#N. The number of nitrogens with one attached hydrogen (secondary N) is 1. The van der Waals surface area contributed by atoms with Crippen molar-refractivity contribution < 1.29 is 17.9 Å².